The molecule has 0 atom stereocenters. The molecule has 1 fully saturated rings. The number of hydrogen-bond acceptors (Lipinski definition) is 4. The smallest absolute Gasteiger partial charge is 0.0928 e. The van der Waals surface area contributed by atoms with Crippen LogP contribution in [0.1, 0.15) is 30.5 Å². The number of nitrogens with zero attached hydrogens (tertiary/aromatic N) is 2. The van der Waals surface area contributed by atoms with Crippen LogP contribution < -0.4 is 5.32 Å². The monoisotopic (exact) mass is 253 g/mol. The number of thiazole rings is 1. The Labute approximate surface area is 108 Å². The lowest BCUT2D eigenvalue weighted by Gasteiger charge is -2.26. The fourth-order valence-corrected chi connectivity index (χ4v) is 3.10. The molecule has 1 saturated heterocycles. The van der Waals surface area contributed by atoms with Gasteiger partial charge in [-0.25, -0.2) is 4.98 Å². The summed E-state index contributed by atoms with van der Waals surface area (Å²) in [5.74, 6) is 0. The Balaban J connectivity index is 1.66. The van der Waals surface area contributed by atoms with Crippen molar-refractivity contribution in [1.29, 1.82) is 0 Å². The van der Waals surface area contributed by atoms with Gasteiger partial charge in [0.1, 0.15) is 0 Å². The molecule has 0 spiro atoms. The maximum Gasteiger partial charge on any atom is 0.0928 e. The zero-order valence-electron chi connectivity index (χ0n) is 10.7. The van der Waals surface area contributed by atoms with Crippen LogP contribution in [-0.4, -0.2) is 42.6 Å². The lowest BCUT2D eigenvalue weighted by atomic mass is 10.2. The molecule has 0 bridgehead atoms. The summed E-state index contributed by atoms with van der Waals surface area (Å²) in [6.07, 6.45) is 4.73. The van der Waals surface area contributed by atoms with Gasteiger partial charge in [0, 0.05) is 38.0 Å². The van der Waals surface area contributed by atoms with Gasteiger partial charge in [-0.1, -0.05) is 13.3 Å². The van der Waals surface area contributed by atoms with Crippen molar-refractivity contribution in [2.75, 3.05) is 32.7 Å². The van der Waals surface area contributed by atoms with E-state index in [2.05, 4.69) is 27.5 Å². The van der Waals surface area contributed by atoms with Gasteiger partial charge in [-0.15, -0.1) is 11.3 Å². The predicted molar refractivity (Wildman–Crippen MR) is 73.7 cm³/mol. The van der Waals surface area contributed by atoms with Crippen molar-refractivity contribution in [3.05, 3.63) is 16.1 Å². The van der Waals surface area contributed by atoms with E-state index >= 15 is 0 Å². The number of aryl methyl sites for hydroxylation is 2. The largest absolute Gasteiger partial charge is 0.314 e. The van der Waals surface area contributed by atoms with E-state index in [0.29, 0.717) is 0 Å². The van der Waals surface area contributed by atoms with Crippen LogP contribution in [0.2, 0.25) is 0 Å². The lowest BCUT2D eigenvalue weighted by Crippen LogP contribution is -2.43. The van der Waals surface area contributed by atoms with Gasteiger partial charge in [-0.3, -0.25) is 0 Å². The Morgan fingerprint density at radius 1 is 1.35 bits per heavy atom. The Morgan fingerprint density at radius 3 is 2.94 bits per heavy atom. The van der Waals surface area contributed by atoms with Gasteiger partial charge in [0.25, 0.3) is 0 Å². The molecule has 0 radical (unpaired) electrons. The van der Waals surface area contributed by atoms with E-state index in [0.717, 1.165) is 25.9 Å². The van der Waals surface area contributed by atoms with Crippen LogP contribution in [0.4, 0.5) is 0 Å². The second kappa shape index (κ2) is 7.09. The first-order valence-electron chi connectivity index (χ1n) is 6.75. The fraction of sp³-hybridized carbons (Fsp3) is 0.769. The number of aromatic nitrogens is 1. The van der Waals surface area contributed by atoms with Crippen LogP contribution in [0, 0.1) is 0 Å². The maximum atomic E-state index is 4.67. The van der Waals surface area contributed by atoms with Crippen molar-refractivity contribution >= 4 is 11.3 Å². The second-order valence-electron chi connectivity index (χ2n) is 4.68. The molecule has 96 valence electrons. The summed E-state index contributed by atoms with van der Waals surface area (Å²) < 4.78 is 0. The number of piperazine rings is 1. The van der Waals surface area contributed by atoms with Gasteiger partial charge in [0.15, 0.2) is 0 Å². The first-order chi connectivity index (χ1) is 8.38. The van der Waals surface area contributed by atoms with Gasteiger partial charge in [0.05, 0.1) is 10.7 Å². The first-order valence-corrected chi connectivity index (χ1v) is 7.63. The highest BCUT2D eigenvalue weighted by Crippen LogP contribution is 2.13. The summed E-state index contributed by atoms with van der Waals surface area (Å²) in [5, 5.41) is 6.94. The lowest BCUT2D eigenvalue weighted by molar-refractivity contribution is 0.238. The van der Waals surface area contributed by atoms with Crippen molar-refractivity contribution in [2.45, 2.75) is 32.6 Å². The molecule has 0 saturated carbocycles. The average Bonchev–Trinajstić information content (AvgIpc) is 2.79. The van der Waals surface area contributed by atoms with Gasteiger partial charge >= 0.3 is 0 Å². The Bertz CT molecular complexity index is 318. The fourth-order valence-electron chi connectivity index (χ4n) is 2.22. The minimum absolute atomic E-state index is 1.13. The van der Waals surface area contributed by atoms with Crippen LogP contribution >= 0.6 is 11.3 Å². The third-order valence-electron chi connectivity index (χ3n) is 3.18. The Kier molecular flexibility index (Phi) is 5.42. The maximum absolute atomic E-state index is 4.67. The van der Waals surface area contributed by atoms with Crippen LogP contribution in [0.3, 0.4) is 0 Å². The molecule has 1 aromatic rings. The molecular formula is C13H23N3S. The van der Waals surface area contributed by atoms with E-state index in [1.165, 1.54) is 43.2 Å². The van der Waals surface area contributed by atoms with Crippen LogP contribution in [-0.2, 0) is 12.8 Å². The molecule has 3 nitrogen and oxygen atoms in total. The van der Waals surface area contributed by atoms with Gasteiger partial charge in [-0.05, 0) is 19.4 Å². The minimum Gasteiger partial charge on any atom is -0.314 e. The van der Waals surface area contributed by atoms with E-state index in [-0.39, 0.29) is 0 Å². The summed E-state index contributed by atoms with van der Waals surface area (Å²) in [7, 11) is 0. The quantitative estimate of drug-likeness (QED) is 0.840. The molecular weight excluding hydrogens is 230 g/mol. The molecule has 0 aliphatic carbocycles. The Hall–Kier alpha value is -0.450. The Morgan fingerprint density at radius 2 is 2.18 bits per heavy atom. The first kappa shape index (κ1) is 13.0. The van der Waals surface area contributed by atoms with Gasteiger partial charge in [-0.2, -0.15) is 0 Å². The van der Waals surface area contributed by atoms with E-state index in [4.69, 9.17) is 0 Å². The number of hydrogen-bond donors (Lipinski definition) is 1. The topological polar surface area (TPSA) is 28.2 Å². The highest BCUT2D eigenvalue weighted by molar-refractivity contribution is 7.09. The van der Waals surface area contributed by atoms with Crippen LogP contribution in [0.15, 0.2) is 5.38 Å². The highest BCUT2D eigenvalue weighted by atomic mass is 32.1. The van der Waals surface area contributed by atoms with E-state index in [1.54, 1.807) is 0 Å². The zero-order chi connectivity index (χ0) is 11.9. The molecule has 1 aliphatic heterocycles. The van der Waals surface area contributed by atoms with Crippen molar-refractivity contribution in [3.63, 3.8) is 0 Å². The molecule has 2 heterocycles. The van der Waals surface area contributed by atoms with Crippen molar-refractivity contribution in [1.82, 2.24) is 15.2 Å². The highest BCUT2D eigenvalue weighted by Gasteiger charge is 2.09. The average molecular weight is 253 g/mol. The van der Waals surface area contributed by atoms with Crippen LogP contribution in [0.5, 0.6) is 0 Å². The molecule has 0 aromatic carbocycles. The third kappa shape index (κ3) is 4.37. The standard InChI is InChI=1S/C13H23N3S/c1-2-4-12-11-17-13(15-12)5-3-8-16-9-6-14-7-10-16/h11,14H,2-10H2,1H3. The third-order valence-corrected chi connectivity index (χ3v) is 4.14. The molecule has 0 amide bonds. The number of nitrogens with one attached hydrogen (secondary N) is 1. The summed E-state index contributed by atoms with van der Waals surface area (Å²) in [5.41, 5.74) is 1.29. The SMILES string of the molecule is CCCc1csc(CCCN2CCNCC2)n1. The molecule has 1 aromatic heterocycles. The normalized spacial score (nSPS) is 17.5. The van der Waals surface area contributed by atoms with Crippen LogP contribution in [0.25, 0.3) is 0 Å². The summed E-state index contributed by atoms with van der Waals surface area (Å²) in [6, 6.07) is 0. The summed E-state index contributed by atoms with van der Waals surface area (Å²) in [6.45, 7) is 8.15. The zero-order valence-corrected chi connectivity index (χ0v) is 11.6. The molecule has 0 unspecified atom stereocenters. The second-order valence-corrected chi connectivity index (χ2v) is 5.62. The molecule has 1 aliphatic rings. The summed E-state index contributed by atoms with van der Waals surface area (Å²) in [4.78, 5) is 7.22. The van der Waals surface area contributed by atoms with Crippen molar-refractivity contribution < 1.29 is 0 Å². The number of rotatable bonds is 6. The minimum atomic E-state index is 1.13. The van der Waals surface area contributed by atoms with E-state index in [1.807, 2.05) is 11.3 Å². The summed E-state index contributed by atoms with van der Waals surface area (Å²) >= 11 is 1.83. The van der Waals surface area contributed by atoms with Gasteiger partial charge < -0.3 is 10.2 Å². The van der Waals surface area contributed by atoms with Crippen molar-refractivity contribution in [2.24, 2.45) is 0 Å². The molecule has 1 N–H and O–H groups in total. The van der Waals surface area contributed by atoms with E-state index < -0.39 is 0 Å². The predicted octanol–water partition coefficient (Wildman–Crippen LogP) is 1.93. The molecule has 4 heteroatoms. The van der Waals surface area contributed by atoms with E-state index in [9.17, 15) is 0 Å². The van der Waals surface area contributed by atoms with Crippen molar-refractivity contribution in [3.8, 4) is 0 Å². The molecule has 2 rings (SSSR count). The van der Waals surface area contributed by atoms with Gasteiger partial charge in [0.2, 0.25) is 0 Å². The molecule has 17 heavy (non-hydrogen) atoms.